The van der Waals surface area contributed by atoms with Crippen LogP contribution in [0.2, 0.25) is 0 Å². The van der Waals surface area contributed by atoms with Crippen LogP contribution in [0.5, 0.6) is 0 Å². The third kappa shape index (κ3) is 3.27. The fourth-order valence-electron chi connectivity index (χ4n) is 2.87. The monoisotopic (exact) mass is 320 g/mol. The third-order valence-electron chi connectivity index (χ3n) is 4.20. The summed E-state index contributed by atoms with van der Waals surface area (Å²) < 4.78 is 0. The maximum Gasteiger partial charge on any atom is 0.215 e. The number of carbonyl (C=O) groups excluding carboxylic acids is 1. The molecule has 3 aromatic rings. The van der Waals surface area contributed by atoms with E-state index < -0.39 is 0 Å². The van der Waals surface area contributed by atoms with Crippen molar-refractivity contribution in [2.24, 2.45) is 0 Å². The number of carbonyl (C=O) groups is 1. The summed E-state index contributed by atoms with van der Waals surface area (Å²) in [5.74, 6) is 0. The van der Waals surface area contributed by atoms with Crippen molar-refractivity contribution in [1.82, 2.24) is 10.2 Å². The fraction of sp³-hybridized carbons (Fsp3) is 0.250. The number of benzene rings is 2. The van der Waals surface area contributed by atoms with Gasteiger partial charge in [-0.3, -0.25) is 14.7 Å². The second kappa shape index (κ2) is 7.21. The number of hydrogen-bond donors (Lipinski definition) is 1. The molecule has 0 amide bonds. The molecular weight excluding hydrogens is 300 g/mol. The van der Waals surface area contributed by atoms with Crippen LogP contribution in [0.25, 0.3) is 22.2 Å². The standard InChI is InChI=1S/C20H20N2O2/c1-2-3-4-6-14-9-10-17-18(12-14)21-22-19(20(17)24)16-8-5-7-15(11-16)13-23/h5,7-13H,2-4,6H2,1H3,(H,21,24). The van der Waals surface area contributed by atoms with Crippen molar-refractivity contribution in [2.75, 3.05) is 0 Å². The zero-order chi connectivity index (χ0) is 16.9. The highest BCUT2D eigenvalue weighted by Gasteiger charge is 2.10. The summed E-state index contributed by atoms with van der Waals surface area (Å²) in [4.78, 5) is 23.7. The lowest BCUT2D eigenvalue weighted by atomic mass is 10.0. The molecule has 0 radical (unpaired) electrons. The minimum atomic E-state index is -0.119. The van der Waals surface area contributed by atoms with Crippen LogP contribution in [-0.4, -0.2) is 16.5 Å². The van der Waals surface area contributed by atoms with Gasteiger partial charge in [0.15, 0.2) is 0 Å². The molecule has 1 N–H and O–H groups in total. The Morgan fingerprint density at radius 2 is 2.00 bits per heavy atom. The Kier molecular flexibility index (Phi) is 4.85. The quantitative estimate of drug-likeness (QED) is 0.548. The molecular formula is C20H20N2O2. The Hall–Kier alpha value is -2.75. The summed E-state index contributed by atoms with van der Waals surface area (Å²) in [5, 5.41) is 7.85. The van der Waals surface area contributed by atoms with E-state index in [1.165, 1.54) is 18.4 Å². The van der Waals surface area contributed by atoms with Crippen molar-refractivity contribution < 1.29 is 4.79 Å². The number of aldehydes is 1. The summed E-state index contributed by atoms with van der Waals surface area (Å²) >= 11 is 0. The highest BCUT2D eigenvalue weighted by atomic mass is 16.1. The summed E-state index contributed by atoms with van der Waals surface area (Å²) in [6.07, 6.45) is 5.32. The second-order valence-electron chi connectivity index (χ2n) is 5.98. The number of hydrogen-bond acceptors (Lipinski definition) is 3. The van der Waals surface area contributed by atoms with Crippen LogP contribution in [0.4, 0.5) is 0 Å². The minimum absolute atomic E-state index is 0.119. The fourth-order valence-corrected chi connectivity index (χ4v) is 2.87. The van der Waals surface area contributed by atoms with Gasteiger partial charge in [-0.15, -0.1) is 0 Å². The van der Waals surface area contributed by atoms with Gasteiger partial charge in [-0.1, -0.05) is 44.0 Å². The molecule has 0 spiro atoms. The predicted octanol–water partition coefficient (Wildman–Crippen LogP) is 4.14. The second-order valence-corrected chi connectivity index (χ2v) is 5.98. The molecule has 0 atom stereocenters. The average Bonchev–Trinajstić information content (AvgIpc) is 2.62. The number of aryl methyl sites for hydroxylation is 1. The molecule has 0 aliphatic carbocycles. The van der Waals surface area contributed by atoms with Crippen LogP contribution in [0.15, 0.2) is 47.3 Å². The van der Waals surface area contributed by atoms with Gasteiger partial charge in [-0.2, -0.15) is 5.10 Å². The Balaban J connectivity index is 2.00. The first-order valence-corrected chi connectivity index (χ1v) is 8.30. The van der Waals surface area contributed by atoms with Crippen LogP contribution >= 0.6 is 0 Å². The van der Waals surface area contributed by atoms with Gasteiger partial charge < -0.3 is 0 Å². The molecule has 0 fully saturated rings. The predicted molar refractivity (Wildman–Crippen MR) is 96.4 cm³/mol. The van der Waals surface area contributed by atoms with E-state index in [-0.39, 0.29) is 5.43 Å². The molecule has 0 saturated carbocycles. The molecule has 2 aromatic carbocycles. The number of aromatic amines is 1. The van der Waals surface area contributed by atoms with Crippen molar-refractivity contribution in [3.8, 4) is 11.3 Å². The smallest absolute Gasteiger partial charge is 0.215 e. The third-order valence-corrected chi connectivity index (χ3v) is 4.20. The molecule has 4 nitrogen and oxygen atoms in total. The van der Waals surface area contributed by atoms with E-state index in [0.29, 0.717) is 22.2 Å². The van der Waals surface area contributed by atoms with E-state index in [1.54, 1.807) is 24.3 Å². The largest absolute Gasteiger partial charge is 0.298 e. The molecule has 122 valence electrons. The van der Waals surface area contributed by atoms with E-state index in [2.05, 4.69) is 17.1 Å². The van der Waals surface area contributed by atoms with Crippen LogP contribution < -0.4 is 5.43 Å². The lowest BCUT2D eigenvalue weighted by Crippen LogP contribution is -2.10. The Morgan fingerprint density at radius 1 is 1.12 bits per heavy atom. The number of rotatable bonds is 6. The molecule has 4 heteroatoms. The van der Waals surface area contributed by atoms with Crippen molar-refractivity contribution in [2.45, 2.75) is 32.6 Å². The van der Waals surface area contributed by atoms with Crippen LogP contribution in [-0.2, 0) is 6.42 Å². The van der Waals surface area contributed by atoms with Crippen molar-refractivity contribution in [1.29, 1.82) is 0 Å². The SMILES string of the molecule is CCCCCc1ccc2c(=O)c(-c3cccc(C=O)c3)n[nH]c2c1. The van der Waals surface area contributed by atoms with Gasteiger partial charge >= 0.3 is 0 Å². The zero-order valence-electron chi connectivity index (χ0n) is 13.7. The van der Waals surface area contributed by atoms with Crippen LogP contribution in [0, 0.1) is 0 Å². The van der Waals surface area contributed by atoms with E-state index in [4.69, 9.17) is 0 Å². The maximum absolute atomic E-state index is 12.7. The van der Waals surface area contributed by atoms with E-state index in [0.717, 1.165) is 24.6 Å². The van der Waals surface area contributed by atoms with Gasteiger partial charge in [0, 0.05) is 16.5 Å². The molecule has 0 saturated heterocycles. The number of fused-ring (bicyclic) bond motifs is 1. The molecule has 24 heavy (non-hydrogen) atoms. The zero-order valence-corrected chi connectivity index (χ0v) is 13.7. The van der Waals surface area contributed by atoms with Crippen molar-refractivity contribution in [3.05, 3.63) is 63.8 Å². The van der Waals surface area contributed by atoms with Gasteiger partial charge in [0.25, 0.3) is 0 Å². The van der Waals surface area contributed by atoms with Gasteiger partial charge in [-0.05, 0) is 36.6 Å². The molecule has 0 aliphatic rings. The van der Waals surface area contributed by atoms with Gasteiger partial charge in [0.1, 0.15) is 12.0 Å². The summed E-state index contributed by atoms with van der Waals surface area (Å²) in [5.41, 5.74) is 3.36. The number of unbranched alkanes of at least 4 members (excludes halogenated alkanes) is 2. The number of aromatic nitrogens is 2. The minimum Gasteiger partial charge on any atom is -0.298 e. The summed E-state index contributed by atoms with van der Waals surface area (Å²) in [6.45, 7) is 2.18. The Labute approximate surface area is 140 Å². The van der Waals surface area contributed by atoms with E-state index in [9.17, 15) is 9.59 Å². The average molecular weight is 320 g/mol. The van der Waals surface area contributed by atoms with Crippen molar-refractivity contribution >= 4 is 17.2 Å². The van der Waals surface area contributed by atoms with E-state index >= 15 is 0 Å². The Bertz CT molecular complexity index is 928. The molecule has 0 aliphatic heterocycles. The summed E-state index contributed by atoms with van der Waals surface area (Å²) in [6, 6.07) is 12.8. The summed E-state index contributed by atoms with van der Waals surface area (Å²) in [7, 11) is 0. The Morgan fingerprint density at radius 3 is 2.79 bits per heavy atom. The van der Waals surface area contributed by atoms with Crippen LogP contribution in [0.3, 0.4) is 0 Å². The topological polar surface area (TPSA) is 62.8 Å². The maximum atomic E-state index is 12.7. The van der Waals surface area contributed by atoms with E-state index in [1.807, 2.05) is 18.2 Å². The number of nitrogens with zero attached hydrogens (tertiary/aromatic N) is 1. The first-order chi connectivity index (χ1) is 11.7. The highest BCUT2D eigenvalue weighted by molar-refractivity contribution is 5.83. The molecule has 1 aromatic heterocycles. The van der Waals surface area contributed by atoms with Gasteiger partial charge in [0.2, 0.25) is 5.43 Å². The number of H-pyrrole nitrogens is 1. The van der Waals surface area contributed by atoms with Crippen LogP contribution in [0.1, 0.15) is 42.1 Å². The molecule has 3 rings (SSSR count). The lowest BCUT2D eigenvalue weighted by molar-refractivity contribution is 0.112. The number of nitrogens with one attached hydrogen (secondary N) is 1. The van der Waals surface area contributed by atoms with Gasteiger partial charge in [0.05, 0.1) is 5.52 Å². The molecule has 0 unspecified atom stereocenters. The molecule has 1 heterocycles. The normalized spacial score (nSPS) is 10.9. The first kappa shape index (κ1) is 16.1. The first-order valence-electron chi connectivity index (χ1n) is 8.30. The van der Waals surface area contributed by atoms with Gasteiger partial charge in [-0.25, -0.2) is 0 Å². The lowest BCUT2D eigenvalue weighted by Gasteiger charge is -2.06. The molecule has 0 bridgehead atoms. The van der Waals surface area contributed by atoms with Crippen molar-refractivity contribution in [3.63, 3.8) is 0 Å². The highest BCUT2D eigenvalue weighted by Crippen LogP contribution is 2.18.